The summed E-state index contributed by atoms with van der Waals surface area (Å²) < 4.78 is 0.734. The van der Waals surface area contributed by atoms with Crippen LogP contribution in [0.2, 0.25) is 5.02 Å². The van der Waals surface area contributed by atoms with Crippen LogP contribution in [0.15, 0.2) is 52.9 Å². The second kappa shape index (κ2) is 9.21. The summed E-state index contributed by atoms with van der Waals surface area (Å²) in [4.78, 5) is 12.0. The van der Waals surface area contributed by atoms with Gasteiger partial charge in [0.2, 0.25) is 11.0 Å². The van der Waals surface area contributed by atoms with Crippen molar-refractivity contribution in [3.63, 3.8) is 0 Å². The summed E-state index contributed by atoms with van der Waals surface area (Å²) in [6.45, 7) is 4.33. The number of amides is 1. The summed E-state index contributed by atoms with van der Waals surface area (Å²) in [5.41, 5.74) is 2.93. The third-order valence-electron chi connectivity index (χ3n) is 3.67. The van der Waals surface area contributed by atoms with Crippen LogP contribution in [0.1, 0.15) is 25.3 Å². The van der Waals surface area contributed by atoms with E-state index in [2.05, 4.69) is 46.8 Å². The quantitative estimate of drug-likeness (QED) is 0.475. The maximum absolute atomic E-state index is 12.0. The van der Waals surface area contributed by atoms with Gasteiger partial charge in [0.15, 0.2) is 4.34 Å². The number of rotatable bonds is 7. The van der Waals surface area contributed by atoms with Gasteiger partial charge in [-0.05, 0) is 41.8 Å². The van der Waals surface area contributed by atoms with Gasteiger partial charge in [-0.3, -0.25) is 4.79 Å². The summed E-state index contributed by atoms with van der Waals surface area (Å²) in [5, 5.41) is 15.6. The highest BCUT2D eigenvalue weighted by Crippen LogP contribution is 2.28. The molecule has 0 bridgehead atoms. The molecule has 8 heteroatoms. The molecular formula is C19H19ClN4OS2. The molecule has 1 heterocycles. The Bertz CT molecular complexity index is 912. The zero-order chi connectivity index (χ0) is 19.2. The Morgan fingerprint density at radius 3 is 2.63 bits per heavy atom. The zero-order valence-corrected chi connectivity index (χ0v) is 17.3. The minimum Gasteiger partial charge on any atom is -0.330 e. The van der Waals surface area contributed by atoms with Gasteiger partial charge in [0.1, 0.15) is 0 Å². The van der Waals surface area contributed by atoms with Gasteiger partial charge in [-0.1, -0.05) is 66.7 Å². The topological polar surface area (TPSA) is 66.9 Å². The van der Waals surface area contributed by atoms with Crippen LogP contribution in [0.4, 0.5) is 16.5 Å². The first-order chi connectivity index (χ1) is 13.0. The third-order valence-corrected chi connectivity index (χ3v) is 5.88. The van der Waals surface area contributed by atoms with Crippen molar-refractivity contribution in [2.75, 3.05) is 16.4 Å². The van der Waals surface area contributed by atoms with E-state index < -0.39 is 0 Å². The fourth-order valence-corrected chi connectivity index (χ4v) is 4.05. The van der Waals surface area contributed by atoms with Crippen molar-refractivity contribution in [3.8, 4) is 0 Å². The molecule has 1 aromatic heterocycles. The summed E-state index contributed by atoms with van der Waals surface area (Å²) in [5.74, 6) is 0.641. The molecule has 0 unspecified atom stereocenters. The van der Waals surface area contributed by atoms with Gasteiger partial charge in [-0.25, -0.2) is 0 Å². The summed E-state index contributed by atoms with van der Waals surface area (Å²) >= 11 is 8.68. The van der Waals surface area contributed by atoms with Crippen molar-refractivity contribution in [1.29, 1.82) is 0 Å². The van der Waals surface area contributed by atoms with E-state index in [1.807, 2.05) is 12.1 Å². The number of nitrogens with one attached hydrogen (secondary N) is 2. The van der Waals surface area contributed by atoms with Crippen molar-refractivity contribution in [1.82, 2.24) is 10.2 Å². The summed E-state index contributed by atoms with van der Waals surface area (Å²) in [6, 6.07) is 15.3. The Morgan fingerprint density at radius 2 is 1.93 bits per heavy atom. The van der Waals surface area contributed by atoms with Gasteiger partial charge in [0, 0.05) is 16.4 Å². The molecule has 0 saturated carbocycles. The first-order valence-corrected chi connectivity index (χ1v) is 10.6. The molecular weight excluding hydrogens is 400 g/mol. The molecule has 0 radical (unpaired) electrons. The predicted molar refractivity (Wildman–Crippen MR) is 115 cm³/mol. The highest BCUT2D eigenvalue weighted by molar-refractivity contribution is 8.01. The molecule has 27 heavy (non-hydrogen) atoms. The third kappa shape index (κ3) is 5.95. The number of benzene rings is 2. The summed E-state index contributed by atoms with van der Waals surface area (Å²) in [6.07, 6.45) is 0. The molecule has 0 saturated heterocycles. The van der Waals surface area contributed by atoms with Crippen molar-refractivity contribution in [2.45, 2.75) is 24.1 Å². The van der Waals surface area contributed by atoms with Gasteiger partial charge < -0.3 is 10.6 Å². The minimum absolute atomic E-state index is 0.115. The fraction of sp³-hybridized carbons (Fsp3) is 0.211. The maximum Gasteiger partial charge on any atom is 0.234 e. The van der Waals surface area contributed by atoms with Crippen LogP contribution >= 0.6 is 34.7 Å². The average Bonchev–Trinajstić information content (AvgIpc) is 3.08. The number of nitrogens with zero attached hydrogens (tertiary/aromatic N) is 2. The van der Waals surface area contributed by atoms with Crippen molar-refractivity contribution < 1.29 is 4.79 Å². The lowest BCUT2D eigenvalue weighted by Crippen LogP contribution is -2.13. The Morgan fingerprint density at radius 1 is 1.15 bits per heavy atom. The van der Waals surface area contributed by atoms with Gasteiger partial charge in [-0.2, -0.15) is 0 Å². The molecule has 2 N–H and O–H groups in total. The minimum atomic E-state index is -0.115. The number of anilines is 3. The number of thioether (sulfide) groups is 1. The second-order valence-electron chi connectivity index (χ2n) is 6.12. The largest absolute Gasteiger partial charge is 0.330 e. The van der Waals surface area contributed by atoms with Crippen LogP contribution in [-0.2, 0) is 4.79 Å². The van der Waals surface area contributed by atoms with E-state index in [0.717, 1.165) is 10.0 Å². The Balaban J connectivity index is 1.51. The van der Waals surface area contributed by atoms with Crippen LogP contribution in [0, 0.1) is 0 Å². The SMILES string of the molecule is CC(C)c1ccc(Nc2nnc(SCC(=O)Nc3cccc(Cl)c3)s2)cc1. The Kier molecular flexibility index (Phi) is 6.71. The molecule has 3 aromatic rings. The highest BCUT2D eigenvalue weighted by atomic mass is 35.5. The van der Waals surface area contributed by atoms with E-state index in [9.17, 15) is 4.79 Å². The van der Waals surface area contributed by atoms with E-state index in [0.29, 0.717) is 21.8 Å². The molecule has 0 atom stereocenters. The number of hydrogen-bond donors (Lipinski definition) is 2. The van der Waals surface area contributed by atoms with Crippen molar-refractivity contribution in [3.05, 3.63) is 59.1 Å². The Labute approximate surface area is 171 Å². The van der Waals surface area contributed by atoms with Crippen LogP contribution in [-0.4, -0.2) is 21.9 Å². The molecule has 0 fully saturated rings. The average molecular weight is 419 g/mol. The lowest BCUT2D eigenvalue weighted by molar-refractivity contribution is -0.113. The van der Waals surface area contributed by atoms with Gasteiger partial charge in [-0.15, -0.1) is 10.2 Å². The molecule has 140 valence electrons. The Hall–Kier alpha value is -2.09. The van der Waals surface area contributed by atoms with Crippen LogP contribution in [0.5, 0.6) is 0 Å². The molecule has 5 nitrogen and oxygen atoms in total. The lowest BCUT2D eigenvalue weighted by Gasteiger charge is -2.06. The zero-order valence-electron chi connectivity index (χ0n) is 14.9. The molecule has 0 aliphatic heterocycles. The number of aromatic nitrogens is 2. The normalized spacial score (nSPS) is 10.8. The predicted octanol–water partition coefficient (Wildman–Crippen LogP) is 5.79. The highest BCUT2D eigenvalue weighted by Gasteiger charge is 2.09. The van der Waals surface area contributed by atoms with Gasteiger partial charge in [0.25, 0.3) is 0 Å². The lowest BCUT2D eigenvalue weighted by atomic mass is 10.0. The molecule has 1 amide bonds. The number of carbonyl (C=O) groups is 1. The molecule has 2 aromatic carbocycles. The first kappa shape index (κ1) is 19.7. The number of carbonyl (C=O) groups excluding carboxylic acids is 1. The van der Waals surface area contributed by atoms with Crippen LogP contribution < -0.4 is 10.6 Å². The van der Waals surface area contributed by atoms with E-state index in [4.69, 9.17) is 11.6 Å². The van der Waals surface area contributed by atoms with Gasteiger partial charge in [0.05, 0.1) is 5.75 Å². The smallest absolute Gasteiger partial charge is 0.234 e. The summed E-state index contributed by atoms with van der Waals surface area (Å²) in [7, 11) is 0. The van der Waals surface area contributed by atoms with E-state index in [-0.39, 0.29) is 11.7 Å². The van der Waals surface area contributed by atoms with Gasteiger partial charge >= 0.3 is 0 Å². The van der Waals surface area contributed by atoms with E-state index >= 15 is 0 Å². The second-order valence-corrected chi connectivity index (χ2v) is 8.76. The monoisotopic (exact) mass is 418 g/mol. The molecule has 0 spiro atoms. The van der Waals surface area contributed by atoms with Crippen molar-refractivity contribution in [2.24, 2.45) is 0 Å². The van der Waals surface area contributed by atoms with E-state index in [1.165, 1.54) is 28.7 Å². The number of hydrogen-bond acceptors (Lipinski definition) is 6. The maximum atomic E-state index is 12.0. The van der Waals surface area contributed by atoms with Crippen LogP contribution in [0.25, 0.3) is 0 Å². The van der Waals surface area contributed by atoms with Crippen molar-refractivity contribution >= 4 is 57.1 Å². The van der Waals surface area contributed by atoms with E-state index in [1.54, 1.807) is 24.3 Å². The number of halogens is 1. The molecule has 0 aliphatic carbocycles. The van der Waals surface area contributed by atoms with Crippen LogP contribution in [0.3, 0.4) is 0 Å². The standard InChI is InChI=1S/C19H19ClN4OS2/c1-12(2)13-6-8-15(9-7-13)22-18-23-24-19(27-18)26-11-17(25)21-16-5-3-4-14(20)10-16/h3-10,12H,11H2,1-2H3,(H,21,25)(H,22,23). The first-order valence-electron chi connectivity index (χ1n) is 8.38. The molecule has 0 aliphatic rings. The fourth-order valence-electron chi connectivity index (χ4n) is 2.28. The molecule has 3 rings (SSSR count).